The maximum Gasteiger partial charge on any atom is 0.234 e. The Bertz CT molecular complexity index is 486. The van der Waals surface area contributed by atoms with Crippen molar-refractivity contribution in [3.8, 4) is 0 Å². The lowest BCUT2D eigenvalue weighted by Crippen LogP contribution is -2.45. The van der Waals surface area contributed by atoms with Crippen molar-refractivity contribution in [2.24, 2.45) is 0 Å². The van der Waals surface area contributed by atoms with Crippen LogP contribution in [0.4, 0.5) is 0 Å². The third-order valence-electron chi connectivity index (χ3n) is 3.43. The van der Waals surface area contributed by atoms with E-state index in [9.17, 15) is 4.79 Å². The molecule has 0 aromatic heterocycles. The zero-order valence-corrected chi connectivity index (χ0v) is 13.8. The molecule has 0 aliphatic carbocycles. The molecule has 2 N–H and O–H groups in total. The number of nitrogens with one attached hydrogen (secondary N) is 2. The molecule has 1 atom stereocenters. The van der Waals surface area contributed by atoms with Crippen LogP contribution >= 0.6 is 0 Å². The predicted molar refractivity (Wildman–Crippen MR) is 85.0 cm³/mol. The molecule has 1 unspecified atom stereocenters. The molecule has 0 aliphatic rings. The molecule has 0 fully saturated rings. The highest BCUT2D eigenvalue weighted by Gasteiger charge is 2.15. The van der Waals surface area contributed by atoms with E-state index < -0.39 is 0 Å². The maximum atomic E-state index is 11.8. The van der Waals surface area contributed by atoms with Crippen molar-refractivity contribution < 1.29 is 4.79 Å². The third kappa shape index (κ3) is 4.97. The van der Waals surface area contributed by atoms with Crippen molar-refractivity contribution in [2.45, 2.75) is 60.0 Å². The average molecular weight is 276 g/mol. The van der Waals surface area contributed by atoms with Crippen molar-refractivity contribution in [1.82, 2.24) is 10.6 Å². The topological polar surface area (TPSA) is 41.1 Å². The Hall–Kier alpha value is -1.35. The largest absolute Gasteiger partial charge is 0.350 e. The second kappa shape index (κ2) is 6.40. The van der Waals surface area contributed by atoms with E-state index in [1.165, 1.54) is 22.3 Å². The minimum Gasteiger partial charge on any atom is -0.350 e. The highest BCUT2D eigenvalue weighted by molar-refractivity contribution is 5.78. The Kier molecular flexibility index (Phi) is 5.35. The molecule has 112 valence electrons. The fourth-order valence-corrected chi connectivity index (χ4v) is 2.27. The van der Waals surface area contributed by atoms with Gasteiger partial charge in [0.25, 0.3) is 0 Å². The molecule has 0 heterocycles. The van der Waals surface area contributed by atoms with Crippen LogP contribution in [0.2, 0.25) is 0 Å². The van der Waals surface area contributed by atoms with Gasteiger partial charge in [-0.3, -0.25) is 4.79 Å². The molecule has 0 radical (unpaired) electrons. The van der Waals surface area contributed by atoms with Gasteiger partial charge in [0.1, 0.15) is 0 Å². The monoisotopic (exact) mass is 276 g/mol. The van der Waals surface area contributed by atoms with Gasteiger partial charge in [-0.1, -0.05) is 12.1 Å². The first-order valence-corrected chi connectivity index (χ1v) is 7.22. The van der Waals surface area contributed by atoms with Gasteiger partial charge in [0.05, 0.1) is 6.54 Å². The quantitative estimate of drug-likeness (QED) is 0.887. The molecule has 0 saturated carbocycles. The molecule has 3 nitrogen and oxygen atoms in total. The van der Waals surface area contributed by atoms with Crippen LogP contribution in [-0.4, -0.2) is 18.0 Å². The van der Waals surface area contributed by atoms with Crippen LogP contribution in [0.15, 0.2) is 12.1 Å². The van der Waals surface area contributed by atoms with Crippen molar-refractivity contribution in [3.05, 3.63) is 34.4 Å². The highest BCUT2D eigenvalue weighted by Crippen LogP contribution is 2.21. The summed E-state index contributed by atoms with van der Waals surface area (Å²) in [5.41, 5.74) is 4.95. The number of hydrogen-bond acceptors (Lipinski definition) is 2. The van der Waals surface area contributed by atoms with E-state index in [1.54, 1.807) is 0 Å². The molecular weight excluding hydrogens is 248 g/mol. The molecule has 3 heteroatoms. The van der Waals surface area contributed by atoms with Crippen molar-refractivity contribution in [3.63, 3.8) is 0 Å². The van der Waals surface area contributed by atoms with Crippen LogP contribution in [0.1, 0.15) is 56.0 Å². The molecular formula is C17H28N2O. The summed E-state index contributed by atoms with van der Waals surface area (Å²) < 4.78 is 0. The van der Waals surface area contributed by atoms with Gasteiger partial charge >= 0.3 is 0 Å². The van der Waals surface area contributed by atoms with Gasteiger partial charge in [-0.05, 0) is 70.7 Å². The van der Waals surface area contributed by atoms with Crippen LogP contribution in [0.25, 0.3) is 0 Å². The third-order valence-corrected chi connectivity index (χ3v) is 3.43. The molecule has 20 heavy (non-hydrogen) atoms. The fourth-order valence-electron chi connectivity index (χ4n) is 2.27. The van der Waals surface area contributed by atoms with Gasteiger partial charge in [-0.25, -0.2) is 0 Å². The van der Waals surface area contributed by atoms with Crippen molar-refractivity contribution in [1.29, 1.82) is 0 Å². The molecule has 0 saturated heterocycles. The number of carbonyl (C=O) groups is 1. The summed E-state index contributed by atoms with van der Waals surface area (Å²) in [4.78, 5) is 11.8. The van der Waals surface area contributed by atoms with Crippen LogP contribution in [0.5, 0.6) is 0 Å². The Morgan fingerprint density at radius 3 is 2.20 bits per heavy atom. The molecule has 0 bridgehead atoms. The lowest BCUT2D eigenvalue weighted by Gasteiger charge is -2.22. The number of hydrogen-bond donors (Lipinski definition) is 2. The molecule has 1 aromatic carbocycles. The summed E-state index contributed by atoms with van der Waals surface area (Å²) >= 11 is 0. The minimum absolute atomic E-state index is 0.0332. The second-order valence-electron chi connectivity index (χ2n) is 6.69. The molecule has 0 aliphatic heterocycles. The Balaban J connectivity index is 2.66. The summed E-state index contributed by atoms with van der Waals surface area (Å²) in [7, 11) is 0. The van der Waals surface area contributed by atoms with E-state index in [2.05, 4.69) is 50.5 Å². The predicted octanol–water partition coefficient (Wildman–Crippen LogP) is 3.18. The SMILES string of the molecule is Cc1cc(C)c(C(C)NCC(=O)NC(C)(C)C)cc1C. The van der Waals surface area contributed by atoms with Gasteiger partial charge < -0.3 is 10.6 Å². The Labute approximate surface area is 123 Å². The Morgan fingerprint density at radius 1 is 1.10 bits per heavy atom. The van der Waals surface area contributed by atoms with E-state index in [0.717, 1.165) is 0 Å². The first kappa shape index (κ1) is 16.7. The van der Waals surface area contributed by atoms with E-state index in [4.69, 9.17) is 0 Å². The summed E-state index contributed by atoms with van der Waals surface area (Å²) in [6, 6.07) is 4.59. The Morgan fingerprint density at radius 2 is 1.65 bits per heavy atom. The first-order chi connectivity index (χ1) is 9.10. The summed E-state index contributed by atoms with van der Waals surface area (Å²) in [6.07, 6.45) is 0. The maximum absolute atomic E-state index is 11.8. The zero-order valence-electron chi connectivity index (χ0n) is 13.8. The number of amides is 1. The normalized spacial score (nSPS) is 13.2. The number of rotatable bonds is 4. The molecule has 0 spiro atoms. The van der Waals surface area contributed by atoms with Crippen molar-refractivity contribution >= 4 is 5.91 Å². The van der Waals surface area contributed by atoms with Gasteiger partial charge in [0.2, 0.25) is 5.91 Å². The fraction of sp³-hybridized carbons (Fsp3) is 0.588. The molecule has 1 amide bonds. The van der Waals surface area contributed by atoms with Gasteiger partial charge in [-0.2, -0.15) is 0 Å². The van der Waals surface area contributed by atoms with E-state index in [-0.39, 0.29) is 17.5 Å². The summed E-state index contributed by atoms with van der Waals surface area (Å²) in [6.45, 7) is 14.8. The van der Waals surface area contributed by atoms with Crippen LogP contribution in [-0.2, 0) is 4.79 Å². The average Bonchev–Trinajstić information content (AvgIpc) is 2.28. The van der Waals surface area contributed by atoms with E-state index in [1.807, 2.05) is 20.8 Å². The first-order valence-electron chi connectivity index (χ1n) is 7.22. The summed E-state index contributed by atoms with van der Waals surface area (Å²) in [5.74, 6) is 0.0332. The van der Waals surface area contributed by atoms with Crippen molar-refractivity contribution in [2.75, 3.05) is 6.54 Å². The second-order valence-corrected chi connectivity index (χ2v) is 6.69. The standard InChI is InChI=1S/C17H28N2O/c1-11-8-13(3)15(9-12(11)2)14(4)18-10-16(20)19-17(5,6)7/h8-9,14,18H,10H2,1-7H3,(H,19,20). The molecule has 1 rings (SSSR count). The van der Waals surface area contributed by atoms with Crippen LogP contribution in [0.3, 0.4) is 0 Å². The smallest absolute Gasteiger partial charge is 0.234 e. The highest BCUT2D eigenvalue weighted by atomic mass is 16.2. The molecule has 1 aromatic rings. The van der Waals surface area contributed by atoms with Gasteiger partial charge in [0, 0.05) is 11.6 Å². The lowest BCUT2D eigenvalue weighted by atomic mass is 9.96. The van der Waals surface area contributed by atoms with Gasteiger partial charge in [0.15, 0.2) is 0 Å². The van der Waals surface area contributed by atoms with Gasteiger partial charge in [-0.15, -0.1) is 0 Å². The van der Waals surface area contributed by atoms with E-state index >= 15 is 0 Å². The van der Waals surface area contributed by atoms with E-state index in [0.29, 0.717) is 6.54 Å². The lowest BCUT2D eigenvalue weighted by molar-refractivity contribution is -0.121. The van der Waals surface area contributed by atoms with Crippen LogP contribution in [0, 0.1) is 20.8 Å². The van der Waals surface area contributed by atoms with Crippen LogP contribution < -0.4 is 10.6 Å². The zero-order chi connectivity index (χ0) is 15.5. The minimum atomic E-state index is -0.182. The number of carbonyl (C=O) groups excluding carboxylic acids is 1. The number of benzene rings is 1. The number of aryl methyl sites for hydroxylation is 3. The summed E-state index contributed by atoms with van der Waals surface area (Å²) in [5, 5.41) is 6.26.